The molecule has 1 unspecified atom stereocenters. The Labute approximate surface area is 190 Å². The number of carbonyl (C=O) groups excluding carboxylic acids is 1. The second kappa shape index (κ2) is 8.97. The van der Waals surface area contributed by atoms with Crippen molar-refractivity contribution >= 4 is 16.9 Å². The Bertz CT molecular complexity index is 1350. The molecule has 0 aliphatic carbocycles. The number of aryl methyl sites for hydroxylation is 2. The molecule has 0 saturated heterocycles. The van der Waals surface area contributed by atoms with E-state index < -0.39 is 0 Å². The Kier molecular flexibility index (Phi) is 6.09. The summed E-state index contributed by atoms with van der Waals surface area (Å²) in [5.74, 6) is -0.587. The second-order valence-corrected chi connectivity index (χ2v) is 8.66. The van der Waals surface area contributed by atoms with Crippen molar-refractivity contribution in [3.05, 3.63) is 87.9 Å². The van der Waals surface area contributed by atoms with Crippen LogP contribution in [0.2, 0.25) is 0 Å². The van der Waals surface area contributed by atoms with Crippen LogP contribution in [0, 0.1) is 25.6 Å². The van der Waals surface area contributed by atoms with Crippen LogP contribution in [0.1, 0.15) is 36.6 Å². The van der Waals surface area contributed by atoms with Crippen LogP contribution in [0.4, 0.5) is 4.39 Å². The van der Waals surface area contributed by atoms with E-state index in [0.29, 0.717) is 11.0 Å². The van der Waals surface area contributed by atoms with Gasteiger partial charge in [0.1, 0.15) is 24.1 Å². The van der Waals surface area contributed by atoms with E-state index >= 15 is 0 Å². The molecular formula is C25H26FN5O2. The van der Waals surface area contributed by atoms with Gasteiger partial charge in [0.15, 0.2) is 5.65 Å². The summed E-state index contributed by atoms with van der Waals surface area (Å²) in [5, 5.41) is 7.64. The molecule has 0 bridgehead atoms. The molecule has 2 aromatic heterocycles. The first kappa shape index (κ1) is 22.4. The molecule has 0 saturated carbocycles. The van der Waals surface area contributed by atoms with Crippen LogP contribution in [-0.2, 0) is 11.3 Å². The van der Waals surface area contributed by atoms with Gasteiger partial charge in [0.05, 0.1) is 17.9 Å². The van der Waals surface area contributed by atoms with Gasteiger partial charge in [-0.05, 0) is 60.7 Å². The van der Waals surface area contributed by atoms with Crippen LogP contribution < -0.4 is 10.9 Å². The predicted molar refractivity (Wildman–Crippen MR) is 125 cm³/mol. The highest BCUT2D eigenvalue weighted by atomic mass is 19.1. The van der Waals surface area contributed by atoms with E-state index in [4.69, 9.17) is 0 Å². The van der Waals surface area contributed by atoms with Gasteiger partial charge in [-0.15, -0.1) is 0 Å². The standard InChI is InChI=1S/C25H26FN5O2/c1-15(2)23(18-5-7-19(26)8-6-18)29-22(32)13-30-14-27-24-21(25(30)33)12-28-31(24)20-10-16(3)9-17(4)11-20/h5-12,14-15,23H,13H2,1-4H3,(H,29,32). The first-order valence-corrected chi connectivity index (χ1v) is 10.8. The van der Waals surface area contributed by atoms with Crippen molar-refractivity contribution in [1.29, 1.82) is 0 Å². The highest BCUT2D eigenvalue weighted by molar-refractivity contribution is 5.78. The number of hydrogen-bond donors (Lipinski definition) is 1. The maximum absolute atomic E-state index is 13.3. The van der Waals surface area contributed by atoms with Crippen LogP contribution in [0.3, 0.4) is 0 Å². The third kappa shape index (κ3) is 4.69. The van der Waals surface area contributed by atoms with Crippen molar-refractivity contribution in [3.8, 4) is 5.69 Å². The van der Waals surface area contributed by atoms with Crippen LogP contribution in [-0.4, -0.2) is 25.2 Å². The molecule has 0 radical (unpaired) electrons. The third-order valence-electron chi connectivity index (χ3n) is 5.53. The third-order valence-corrected chi connectivity index (χ3v) is 5.53. The van der Waals surface area contributed by atoms with Gasteiger partial charge in [-0.1, -0.05) is 32.0 Å². The maximum atomic E-state index is 13.3. The summed E-state index contributed by atoms with van der Waals surface area (Å²) in [6.07, 6.45) is 2.85. The molecule has 0 aliphatic heterocycles. The number of benzene rings is 2. The summed E-state index contributed by atoms with van der Waals surface area (Å²) >= 11 is 0. The molecule has 8 heteroatoms. The largest absolute Gasteiger partial charge is 0.347 e. The van der Waals surface area contributed by atoms with Gasteiger partial charge < -0.3 is 5.32 Å². The second-order valence-electron chi connectivity index (χ2n) is 8.66. The first-order valence-electron chi connectivity index (χ1n) is 10.8. The monoisotopic (exact) mass is 447 g/mol. The SMILES string of the molecule is Cc1cc(C)cc(-n2ncc3c(=O)n(CC(=O)NC(c4ccc(F)cc4)C(C)C)cnc32)c1. The number of rotatable bonds is 6. The lowest BCUT2D eigenvalue weighted by Gasteiger charge is -2.23. The van der Waals surface area contributed by atoms with E-state index in [1.165, 1.54) is 29.2 Å². The van der Waals surface area contributed by atoms with Crippen LogP contribution >= 0.6 is 0 Å². The zero-order chi connectivity index (χ0) is 23.7. The molecule has 0 spiro atoms. The molecule has 2 aromatic carbocycles. The fraction of sp³-hybridized carbons (Fsp3) is 0.280. The van der Waals surface area contributed by atoms with Gasteiger partial charge in [-0.25, -0.2) is 14.1 Å². The quantitative estimate of drug-likeness (QED) is 0.487. The zero-order valence-corrected chi connectivity index (χ0v) is 19.0. The van der Waals surface area contributed by atoms with Gasteiger partial charge in [-0.2, -0.15) is 5.10 Å². The maximum Gasteiger partial charge on any atom is 0.264 e. The average Bonchev–Trinajstić information content (AvgIpc) is 3.19. The number of nitrogens with one attached hydrogen (secondary N) is 1. The minimum atomic E-state index is -0.339. The van der Waals surface area contributed by atoms with Gasteiger partial charge in [0, 0.05) is 0 Å². The number of amides is 1. The summed E-state index contributed by atoms with van der Waals surface area (Å²) in [5.41, 5.74) is 3.89. The smallest absolute Gasteiger partial charge is 0.264 e. The van der Waals surface area contributed by atoms with Crippen LogP contribution in [0.5, 0.6) is 0 Å². The van der Waals surface area contributed by atoms with Gasteiger partial charge in [0.2, 0.25) is 5.91 Å². The summed E-state index contributed by atoms with van der Waals surface area (Å²) in [4.78, 5) is 30.2. The average molecular weight is 448 g/mol. The lowest BCUT2D eigenvalue weighted by atomic mass is 9.96. The Morgan fingerprint density at radius 1 is 1.09 bits per heavy atom. The molecule has 4 rings (SSSR count). The molecule has 0 aliphatic rings. The molecule has 1 N–H and O–H groups in total. The number of nitrogens with zero attached hydrogens (tertiary/aromatic N) is 4. The summed E-state index contributed by atoms with van der Waals surface area (Å²) in [7, 11) is 0. The number of carbonyl (C=O) groups is 1. The predicted octanol–water partition coefficient (Wildman–Crippen LogP) is 3.85. The lowest BCUT2D eigenvalue weighted by Crippen LogP contribution is -2.36. The molecule has 4 aromatic rings. The fourth-order valence-corrected chi connectivity index (χ4v) is 4.00. The molecule has 1 amide bonds. The highest BCUT2D eigenvalue weighted by Gasteiger charge is 2.20. The van der Waals surface area contributed by atoms with E-state index in [2.05, 4.69) is 21.5 Å². The van der Waals surface area contributed by atoms with Crippen molar-refractivity contribution in [1.82, 2.24) is 24.6 Å². The minimum Gasteiger partial charge on any atom is -0.347 e. The van der Waals surface area contributed by atoms with Gasteiger partial charge >= 0.3 is 0 Å². The number of halogens is 1. The molecule has 33 heavy (non-hydrogen) atoms. The van der Waals surface area contributed by atoms with Gasteiger partial charge in [-0.3, -0.25) is 14.2 Å². The molecular weight excluding hydrogens is 421 g/mol. The molecule has 1 atom stereocenters. The first-order chi connectivity index (χ1) is 15.7. The topological polar surface area (TPSA) is 81.8 Å². The summed E-state index contributed by atoms with van der Waals surface area (Å²) in [6.45, 7) is 7.75. The molecule has 170 valence electrons. The summed E-state index contributed by atoms with van der Waals surface area (Å²) < 4.78 is 16.2. The Morgan fingerprint density at radius 2 is 1.76 bits per heavy atom. The van der Waals surface area contributed by atoms with E-state index in [9.17, 15) is 14.0 Å². The van der Waals surface area contributed by atoms with E-state index in [-0.39, 0.29) is 35.8 Å². The van der Waals surface area contributed by atoms with Crippen molar-refractivity contribution in [2.75, 3.05) is 0 Å². The minimum absolute atomic E-state index is 0.0766. The van der Waals surface area contributed by atoms with Crippen molar-refractivity contribution in [2.45, 2.75) is 40.3 Å². The number of fused-ring (bicyclic) bond motifs is 1. The normalized spacial score (nSPS) is 12.3. The number of aromatic nitrogens is 4. The van der Waals surface area contributed by atoms with E-state index in [1.54, 1.807) is 16.8 Å². The highest BCUT2D eigenvalue weighted by Crippen LogP contribution is 2.22. The molecule has 7 nitrogen and oxygen atoms in total. The van der Waals surface area contributed by atoms with Crippen molar-refractivity contribution in [2.24, 2.45) is 5.92 Å². The Balaban J connectivity index is 1.59. The van der Waals surface area contributed by atoms with Gasteiger partial charge in [0.25, 0.3) is 5.56 Å². The Morgan fingerprint density at radius 3 is 2.39 bits per heavy atom. The Hall–Kier alpha value is -3.81. The van der Waals surface area contributed by atoms with E-state index in [1.807, 2.05) is 39.8 Å². The fourth-order valence-electron chi connectivity index (χ4n) is 4.00. The summed E-state index contributed by atoms with van der Waals surface area (Å²) in [6, 6.07) is 11.7. The number of hydrogen-bond acceptors (Lipinski definition) is 4. The lowest BCUT2D eigenvalue weighted by molar-refractivity contribution is -0.122. The molecule has 0 fully saturated rings. The zero-order valence-electron chi connectivity index (χ0n) is 19.0. The van der Waals surface area contributed by atoms with Crippen molar-refractivity contribution in [3.63, 3.8) is 0 Å². The van der Waals surface area contributed by atoms with E-state index in [0.717, 1.165) is 22.4 Å². The van der Waals surface area contributed by atoms with Crippen LogP contribution in [0.15, 0.2) is 59.8 Å². The van der Waals surface area contributed by atoms with Crippen molar-refractivity contribution < 1.29 is 9.18 Å². The van der Waals surface area contributed by atoms with Crippen LogP contribution in [0.25, 0.3) is 16.7 Å². The molecule has 2 heterocycles.